The number of nitrogens with one attached hydrogen (secondary N) is 1. The number of methoxy groups -OCH3 is 1. The summed E-state index contributed by atoms with van der Waals surface area (Å²) < 4.78 is 9.66. The summed E-state index contributed by atoms with van der Waals surface area (Å²) in [6, 6.07) is 4.78. The van der Waals surface area contributed by atoms with Crippen molar-refractivity contribution in [1.82, 2.24) is 0 Å². The van der Waals surface area contributed by atoms with E-state index in [0.29, 0.717) is 17.0 Å². The predicted octanol–water partition coefficient (Wildman–Crippen LogP) is 1.15. The number of ether oxygens (including phenoxy) is 2. The molecular formula is C13H13NO5. The average Bonchev–Trinajstić information content (AvgIpc) is 2.43. The van der Waals surface area contributed by atoms with E-state index in [0.717, 1.165) is 0 Å². The molecule has 0 saturated carbocycles. The summed E-state index contributed by atoms with van der Waals surface area (Å²) in [5.41, 5.74) is 0.897. The van der Waals surface area contributed by atoms with E-state index < -0.39 is 5.97 Å². The maximum atomic E-state index is 11.9. The Balaban J connectivity index is 2.09. The van der Waals surface area contributed by atoms with Crippen molar-refractivity contribution in [3.63, 3.8) is 0 Å². The van der Waals surface area contributed by atoms with Gasteiger partial charge in [0.25, 0.3) is 5.91 Å². The third-order valence-corrected chi connectivity index (χ3v) is 2.72. The third kappa shape index (κ3) is 3.09. The first-order valence-corrected chi connectivity index (χ1v) is 5.77. The zero-order valence-corrected chi connectivity index (χ0v) is 10.4. The highest BCUT2D eigenvalue weighted by molar-refractivity contribution is 6.01. The molecule has 1 aromatic carbocycles. The molecule has 1 aliphatic rings. The molecular weight excluding hydrogens is 250 g/mol. The molecule has 6 nitrogen and oxygen atoms in total. The number of rotatable bonds is 4. The van der Waals surface area contributed by atoms with Crippen LogP contribution in [-0.2, 0) is 14.3 Å². The fourth-order valence-corrected chi connectivity index (χ4v) is 1.72. The summed E-state index contributed by atoms with van der Waals surface area (Å²) in [5, 5.41) is 2.62. The number of esters is 1. The first-order chi connectivity index (χ1) is 9.10. The zero-order valence-electron chi connectivity index (χ0n) is 10.4. The number of amides is 1. The predicted molar refractivity (Wildman–Crippen MR) is 66.1 cm³/mol. The molecule has 0 unspecified atom stereocenters. The van der Waals surface area contributed by atoms with Crippen molar-refractivity contribution >= 4 is 23.3 Å². The van der Waals surface area contributed by atoms with E-state index >= 15 is 0 Å². The van der Waals surface area contributed by atoms with Gasteiger partial charge in [0.2, 0.25) is 0 Å². The number of fused-ring (bicyclic) bond motifs is 1. The molecule has 1 heterocycles. The van der Waals surface area contributed by atoms with E-state index in [-0.39, 0.29) is 31.1 Å². The number of benzene rings is 1. The van der Waals surface area contributed by atoms with Gasteiger partial charge in [-0.25, -0.2) is 0 Å². The fourth-order valence-electron chi connectivity index (χ4n) is 1.72. The minimum Gasteiger partial charge on any atom is -0.482 e. The molecule has 1 amide bonds. The Morgan fingerprint density at radius 2 is 2.16 bits per heavy atom. The Labute approximate surface area is 109 Å². The summed E-state index contributed by atoms with van der Waals surface area (Å²) in [4.78, 5) is 34.0. The Bertz CT molecular complexity index is 538. The van der Waals surface area contributed by atoms with Gasteiger partial charge in [-0.2, -0.15) is 0 Å². The van der Waals surface area contributed by atoms with Gasteiger partial charge in [0.1, 0.15) is 5.75 Å². The smallest absolute Gasteiger partial charge is 0.305 e. The van der Waals surface area contributed by atoms with Crippen molar-refractivity contribution in [2.75, 3.05) is 19.0 Å². The third-order valence-electron chi connectivity index (χ3n) is 2.72. The molecule has 0 spiro atoms. The Morgan fingerprint density at radius 3 is 2.89 bits per heavy atom. The first kappa shape index (κ1) is 13.1. The lowest BCUT2D eigenvalue weighted by Crippen LogP contribution is -2.25. The second-order valence-electron chi connectivity index (χ2n) is 4.05. The maximum Gasteiger partial charge on any atom is 0.305 e. The van der Waals surface area contributed by atoms with Crippen molar-refractivity contribution in [1.29, 1.82) is 0 Å². The van der Waals surface area contributed by atoms with Crippen LogP contribution in [0, 0.1) is 0 Å². The molecule has 0 aliphatic carbocycles. The quantitative estimate of drug-likeness (QED) is 0.651. The molecule has 0 saturated heterocycles. The highest BCUT2D eigenvalue weighted by atomic mass is 16.5. The van der Waals surface area contributed by atoms with Crippen molar-refractivity contribution in [2.45, 2.75) is 12.8 Å². The molecule has 1 aromatic rings. The van der Waals surface area contributed by atoms with Gasteiger partial charge in [-0.3, -0.25) is 14.4 Å². The molecule has 1 aliphatic heterocycles. The molecule has 6 heteroatoms. The normalized spacial score (nSPS) is 13.0. The second-order valence-corrected chi connectivity index (χ2v) is 4.05. The van der Waals surface area contributed by atoms with E-state index in [2.05, 4.69) is 10.1 Å². The lowest BCUT2D eigenvalue weighted by molar-refractivity contribution is -0.140. The minimum absolute atomic E-state index is 0.0252. The number of hydrogen-bond donors (Lipinski definition) is 1. The Morgan fingerprint density at radius 1 is 1.37 bits per heavy atom. The van der Waals surface area contributed by atoms with Crippen molar-refractivity contribution < 1.29 is 23.9 Å². The van der Waals surface area contributed by atoms with Gasteiger partial charge in [0.15, 0.2) is 12.4 Å². The number of Topliss-reactive ketones (excluding diaryl/α,β-unsaturated/α-hetero) is 1. The largest absolute Gasteiger partial charge is 0.482 e. The molecule has 19 heavy (non-hydrogen) atoms. The van der Waals surface area contributed by atoms with E-state index in [4.69, 9.17) is 4.74 Å². The molecule has 0 radical (unpaired) electrons. The van der Waals surface area contributed by atoms with Gasteiger partial charge in [0.05, 0.1) is 19.2 Å². The van der Waals surface area contributed by atoms with Crippen molar-refractivity contribution in [3.05, 3.63) is 23.8 Å². The number of ketones is 1. The van der Waals surface area contributed by atoms with Crippen LogP contribution < -0.4 is 10.1 Å². The van der Waals surface area contributed by atoms with Crippen molar-refractivity contribution in [2.24, 2.45) is 0 Å². The molecule has 0 aromatic heterocycles. The topological polar surface area (TPSA) is 81.7 Å². The summed E-state index contributed by atoms with van der Waals surface area (Å²) in [6.07, 6.45) is 0.107. The number of carbonyl (C=O) groups excluding carboxylic acids is 3. The Kier molecular flexibility index (Phi) is 3.79. The minimum atomic E-state index is -0.428. The van der Waals surface area contributed by atoms with Crippen LogP contribution >= 0.6 is 0 Å². The highest BCUT2D eigenvalue weighted by Gasteiger charge is 2.18. The molecule has 0 bridgehead atoms. The first-order valence-electron chi connectivity index (χ1n) is 5.77. The lowest BCUT2D eigenvalue weighted by Gasteiger charge is -2.18. The number of hydrogen-bond acceptors (Lipinski definition) is 5. The molecule has 0 atom stereocenters. The number of carbonyl (C=O) groups is 3. The van der Waals surface area contributed by atoms with E-state index in [1.807, 2.05) is 0 Å². The average molecular weight is 263 g/mol. The summed E-state index contributed by atoms with van der Waals surface area (Å²) in [7, 11) is 1.28. The Hall–Kier alpha value is -2.37. The van der Waals surface area contributed by atoms with Gasteiger partial charge in [-0.05, 0) is 18.2 Å². The van der Waals surface area contributed by atoms with Gasteiger partial charge in [-0.1, -0.05) is 0 Å². The standard InChI is InChI=1S/C13H13NO5/c1-18-13(17)5-3-10(15)8-2-4-11-9(6-8)14-12(16)7-19-11/h2,4,6H,3,5,7H2,1H3,(H,14,16). The zero-order chi connectivity index (χ0) is 13.8. The monoisotopic (exact) mass is 263 g/mol. The van der Waals surface area contributed by atoms with Crippen LogP contribution in [0.4, 0.5) is 5.69 Å². The van der Waals surface area contributed by atoms with E-state index in [1.165, 1.54) is 7.11 Å². The SMILES string of the molecule is COC(=O)CCC(=O)c1ccc2c(c1)NC(=O)CO2. The van der Waals surface area contributed by atoms with Crippen LogP contribution in [0.2, 0.25) is 0 Å². The summed E-state index contributed by atoms with van der Waals surface area (Å²) in [5.74, 6) is -0.341. The second kappa shape index (κ2) is 5.51. The van der Waals surface area contributed by atoms with Gasteiger partial charge >= 0.3 is 5.97 Å². The maximum absolute atomic E-state index is 11.9. The van der Waals surface area contributed by atoms with Gasteiger partial charge < -0.3 is 14.8 Å². The molecule has 1 N–H and O–H groups in total. The van der Waals surface area contributed by atoms with Gasteiger partial charge in [0, 0.05) is 12.0 Å². The van der Waals surface area contributed by atoms with Crippen LogP contribution in [0.1, 0.15) is 23.2 Å². The van der Waals surface area contributed by atoms with Crippen LogP contribution in [0.15, 0.2) is 18.2 Å². The van der Waals surface area contributed by atoms with E-state index in [1.54, 1.807) is 18.2 Å². The number of anilines is 1. The highest BCUT2D eigenvalue weighted by Crippen LogP contribution is 2.28. The molecule has 100 valence electrons. The molecule has 0 fully saturated rings. The van der Waals surface area contributed by atoms with Crippen LogP contribution in [0.5, 0.6) is 5.75 Å². The van der Waals surface area contributed by atoms with Gasteiger partial charge in [-0.15, -0.1) is 0 Å². The van der Waals surface area contributed by atoms with Crippen LogP contribution in [0.25, 0.3) is 0 Å². The lowest BCUT2D eigenvalue weighted by atomic mass is 10.1. The summed E-state index contributed by atoms with van der Waals surface area (Å²) in [6.45, 7) is -0.0252. The van der Waals surface area contributed by atoms with Crippen molar-refractivity contribution in [3.8, 4) is 5.75 Å². The van der Waals surface area contributed by atoms with Crippen LogP contribution in [-0.4, -0.2) is 31.4 Å². The summed E-state index contributed by atoms with van der Waals surface area (Å²) >= 11 is 0. The molecule has 2 rings (SSSR count). The fraction of sp³-hybridized carbons (Fsp3) is 0.308. The van der Waals surface area contributed by atoms with Crippen LogP contribution in [0.3, 0.4) is 0 Å². The van der Waals surface area contributed by atoms with E-state index in [9.17, 15) is 14.4 Å².